The molecule has 1 aliphatic heterocycles. The van der Waals surface area contributed by atoms with Crippen LogP contribution in [0.15, 0.2) is 18.6 Å². The van der Waals surface area contributed by atoms with Crippen molar-refractivity contribution in [3.8, 4) is 0 Å². The third kappa shape index (κ3) is 3.14. The standard InChI is InChI=1S/C13H13F3N6/c14-13(15,16)11-18-5-9-7-22(2-1-10(9)21-11)6-8-3-19-12(17)20-4-8/h3-5H,1-2,6-7H2,(H2,17,19,20). The summed E-state index contributed by atoms with van der Waals surface area (Å²) in [6.45, 7) is 1.71. The average molecular weight is 310 g/mol. The van der Waals surface area contributed by atoms with Gasteiger partial charge in [-0.15, -0.1) is 0 Å². The number of alkyl halides is 3. The summed E-state index contributed by atoms with van der Waals surface area (Å²) in [5.41, 5.74) is 7.51. The van der Waals surface area contributed by atoms with Gasteiger partial charge in [-0.2, -0.15) is 13.2 Å². The quantitative estimate of drug-likeness (QED) is 0.903. The van der Waals surface area contributed by atoms with Gasteiger partial charge in [-0.05, 0) is 0 Å². The monoisotopic (exact) mass is 310 g/mol. The molecule has 0 amide bonds. The molecule has 22 heavy (non-hydrogen) atoms. The molecule has 0 fully saturated rings. The van der Waals surface area contributed by atoms with Gasteiger partial charge >= 0.3 is 6.18 Å². The van der Waals surface area contributed by atoms with E-state index in [-0.39, 0.29) is 5.95 Å². The van der Waals surface area contributed by atoms with Crippen molar-refractivity contribution in [2.75, 3.05) is 12.3 Å². The Labute approximate surface area is 124 Å². The van der Waals surface area contributed by atoms with Crippen molar-refractivity contribution in [1.82, 2.24) is 24.8 Å². The second-order valence-electron chi connectivity index (χ2n) is 5.07. The van der Waals surface area contributed by atoms with Gasteiger partial charge in [0.25, 0.3) is 0 Å². The molecule has 116 valence electrons. The molecule has 0 aliphatic carbocycles. The zero-order valence-electron chi connectivity index (χ0n) is 11.5. The fourth-order valence-corrected chi connectivity index (χ4v) is 2.35. The Morgan fingerprint density at radius 2 is 1.86 bits per heavy atom. The van der Waals surface area contributed by atoms with E-state index >= 15 is 0 Å². The van der Waals surface area contributed by atoms with Gasteiger partial charge in [0.15, 0.2) is 0 Å². The topological polar surface area (TPSA) is 80.8 Å². The molecule has 3 heterocycles. The number of anilines is 1. The van der Waals surface area contributed by atoms with E-state index in [1.165, 1.54) is 6.20 Å². The van der Waals surface area contributed by atoms with Crippen LogP contribution >= 0.6 is 0 Å². The molecule has 2 N–H and O–H groups in total. The minimum Gasteiger partial charge on any atom is -0.368 e. The van der Waals surface area contributed by atoms with Gasteiger partial charge in [-0.1, -0.05) is 0 Å². The van der Waals surface area contributed by atoms with E-state index in [0.29, 0.717) is 31.7 Å². The van der Waals surface area contributed by atoms with E-state index in [9.17, 15) is 13.2 Å². The van der Waals surface area contributed by atoms with Gasteiger partial charge < -0.3 is 5.73 Å². The smallest absolute Gasteiger partial charge is 0.368 e. The molecule has 0 unspecified atom stereocenters. The highest BCUT2D eigenvalue weighted by Gasteiger charge is 2.35. The number of nitrogens with two attached hydrogens (primary N) is 1. The predicted octanol–water partition coefficient (Wildman–Crippen LogP) is 1.43. The molecule has 9 heteroatoms. The molecule has 2 aromatic heterocycles. The van der Waals surface area contributed by atoms with Gasteiger partial charge in [0.1, 0.15) is 0 Å². The fourth-order valence-electron chi connectivity index (χ4n) is 2.35. The van der Waals surface area contributed by atoms with E-state index < -0.39 is 12.0 Å². The molecule has 0 aromatic carbocycles. The first-order chi connectivity index (χ1) is 10.4. The van der Waals surface area contributed by atoms with E-state index in [4.69, 9.17) is 5.73 Å². The Balaban J connectivity index is 1.73. The number of nitrogen functional groups attached to an aromatic ring is 1. The number of hydrogen-bond acceptors (Lipinski definition) is 6. The predicted molar refractivity (Wildman–Crippen MR) is 71.3 cm³/mol. The number of aromatic nitrogens is 4. The molecule has 0 radical (unpaired) electrons. The first kappa shape index (κ1) is 14.6. The molecule has 0 atom stereocenters. The highest BCUT2D eigenvalue weighted by atomic mass is 19.4. The first-order valence-electron chi connectivity index (χ1n) is 6.62. The number of hydrogen-bond donors (Lipinski definition) is 1. The van der Waals surface area contributed by atoms with Crippen molar-refractivity contribution in [2.45, 2.75) is 25.7 Å². The number of rotatable bonds is 2. The van der Waals surface area contributed by atoms with E-state index in [1.807, 2.05) is 0 Å². The Morgan fingerprint density at radius 1 is 1.14 bits per heavy atom. The lowest BCUT2D eigenvalue weighted by atomic mass is 10.1. The maximum atomic E-state index is 12.6. The van der Waals surface area contributed by atoms with Crippen LogP contribution in [0.4, 0.5) is 19.1 Å². The summed E-state index contributed by atoms with van der Waals surface area (Å²) < 4.78 is 37.8. The third-order valence-corrected chi connectivity index (χ3v) is 3.40. The normalized spacial score (nSPS) is 15.6. The van der Waals surface area contributed by atoms with Crippen LogP contribution in [-0.2, 0) is 25.7 Å². The summed E-state index contributed by atoms with van der Waals surface area (Å²) in [4.78, 5) is 17.0. The van der Waals surface area contributed by atoms with Gasteiger partial charge in [0.05, 0.1) is 5.69 Å². The van der Waals surface area contributed by atoms with Gasteiger partial charge in [0, 0.05) is 55.8 Å². The maximum absolute atomic E-state index is 12.6. The highest BCUT2D eigenvalue weighted by molar-refractivity contribution is 5.22. The molecular formula is C13H13F3N6. The molecular weight excluding hydrogens is 297 g/mol. The zero-order chi connectivity index (χ0) is 15.7. The Bertz CT molecular complexity index is 670. The first-order valence-corrected chi connectivity index (χ1v) is 6.62. The molecule has 0 saturated carbocycles. The summed E-state index contributed by atoms with van der Waals surface area (Å²) in [6, 6.07) is 0. The SMILES string of the molecule is Nc1ncc(CN2CCc3nc(C(F)(F)F)ncc3C2)cn1. The van der Waals surface area contributed by atoms with Crippen LogP contribution in [0.25, 0.3) is 0 Å². The van der Waals surface area contributed by atoms with Crippen molar-refractivity contribution in [2.24, 2.45) is 0 Å². The number of nitrogens with zero attached hydrogens (tertiary/aromatic N) is 5. The van der Waals surface area contributed by atoms with Crippen LogP contribution in [0, 0.1) is 0 Å². The Hall–Kier alpha value is -2.29. The summed E-state index contributed by atoms with van der Waals surface area (Å²) in [5, 5.41) is 0. The fraction of sp³-hybridized carbons (Fsp3) is 0.385. The lowest BCUT2D eigenvalue weighted by molar-refractivity contribution is -0.145. The van der Waals surface area contributed by atoms with Gasteiger partial charge in [-0.3, -0.25) is 4.90 Å². The Morgan fingerprint density at radius 3 is 2.55 bits per heavy atom. The third-order valence-electron chi connectivity index (χ3n) is 3.40. The lowest BCUT2D eigenvalue weighted by Crippen LogP contribution is -2.31. The lowest BCUT2D eigenvalue weighted by Gasteiger charge is -2.27. The number of fused-ring (bicyclic) bond motifs is 1. The average Bonchev–Trinajstić information content (AvgIpc) is 2.48. The van der Waals surface area contributed by atoms with Crippen molar-refractivity contribution < 1.29 is 13.2 Å². The highest BCUT2D eigenvalue weighted by Crippen LogP contribution is 2.27. The van der Waals surface area contributed by atoms with Crippen LogP contribution in [-0.4, -0.2) is 31.4 Å². The molecule has 0 saturated heterocycles. The van der Waals surface area contributed by atoms with Gasteiger partial charge in [0.2, 0.25) is 11.8 Å². The second-order valence-corrected chi connectivity index (χ2v) is 5.07. The molecule has 0 bridgehead atoms. The largest absolute Gasteiger partial charge is 0.451 e. The summed E-state index contributed by atoms with van der Waals surface area (Å²) in [6.07, 6.45) is 0.489. The van der Waals surface area contributed by atoms with Crippen molar-refractivity contribution in [3.63, 3.8) is 0 Å². The molecule has 3 rings (SSSR count). The zero-order valence-corrected chi connectivity index (χ0v) is 11.5. The number of halogens is 3. The van der Waals surface area contributed by atoms with Crippen LogP contribution in [0.3, 0.4) is 0 Å². The maximum Gasteiger partial charge on any atom is 0.451 e. The van der Waals surface area contributed by atoms with Crippen LogP contribution in [0.2, 0.25) is 0 Å². The van der Waals surface area contributed by atoms with Crippen LogP contribution in [0.5, 0.6) is 0 Å². The van der Waals surface area contributed by atoms with Crippen LogP contribution < -0.4 is 5.73 Å². The molecule has 1 aliphatic rings. The minimum atomic E-state index is -4.51. The molecule has 0 spiro atoms. The van der Waals surface area contributed by atoms with Crippen molar-refractivity contribution >= 4 is 5.95 Å². The summed E-state index contributed by atoms with van der Waals surface area (Å²) in [7, 11) is 0. The van der Waals surface area contributed by atoms with Gasteiger partial charge in [-0.25, -0.2) is 19.9 Å². The van der Waals surface area contributed by atoms with E-state index in [0.717, 1.165) is 11.1 Å². The minimum absolute atomic E-state index is 0.209. The van der Waals surface area contributed by atoms with Crippen molar-refractivity contribution in [1.29, 1.82) is 0 Å². The molecule has 2 aromatic rings. The molecule has 6 nitrogen and oxygen atoms in total. The van der Waals surface area contributed by atoms with Crippen molar-refractivity contribution in [3.05, 3.63) is 41.2 Å². The second kappa shape index (κ2) is 5.48. The summed E-state index contributed by atoms with van der Waals surface area (Å²) in [5.74, 6) is -0.868. The van der Waals surface area contributed by atoms with Crippen LogP contribution in [0.1, 0.15) is 22.6 Å². The van der Waals surface area contributed by atoms with E-state index in [1.54, 1.807) is 12.4 Å². The Kier molecular flexibility index (Phi) is 3.65. The summed E-state index contributed by atoms with van der Waals surface area (Å²) >= 11 is 0. The van der Waals surface area contributed by atoms with E-state index in [2.05, 4.69) is 24.8 Å².